The molecule has 1 saturated heterocycles. The minimum absolute atomic E-state index is 0.0394. The van der Waals surface area contributed by atoms with Crippen molar-refractivity contribution in [1.29, 1.82) is 0 Å². The van der Waals surface area contributed by atoms with Crippen LogP contribution < -0.4 is 15.8 Å². The number of fused-ring (bicyclic) bond motifs is 5. The highest BCUT2D eigenvalue weighted by molar-refractivity contribution is 5.96. The van der Waals surface area contributed by atoms with E-state index in [9.17, 15) is 9.59 Å². The molecule has 2 amide bonds. The van der Waals surface area contributed by atoms with Crippen LogP contribution in [0.5, 0.6) is 5.88 Å². The first-order valence-corrected chi connectivity index (χ1v) is 10.6. The zero-order valence-electron chi connectivity index (χ0n) is 17.7. The van der Waals surface area contributed by atoms with Gasteiger partial charge < -0.3 is 25.4 Å². The summed E-state index contributed by atoms with van der Waals surface area (Å²) in [5.41, 5.74) is 8.78. The Morgan fingerprint density at radius 2 is 2.25 bits per heavy atom. The van der Waals surface area contributed by atoms with Crippen molar-refractivity contribution in [2.24, 2.45) is 5.73 Å². The van der Waals surface area contributed by atoms with Crippen LogP contribution in [0, 0.1) is 0 Å². The van der Waals surface area contributed by atoms with Crippen molar-refractivity contribution in [3.8, 4) is 17.0 Å². The van der Waals surface area contributed by atoms with E-state index in [1.54, 1.807) is 40.0 Å². The molecule has 0 unspecified atom stereocenters. The Bertz CT molecular complexity index is 1190. The molecule has 1 aromatic carbocycles. The van der Waals surface area contributed by atoms with Crippen LogP contribution in [0.4, 0.5) is 5.69 Å². The van der Waals surface area contributed by atoms with Crippen LogP contribution in [0.1, 0.15) is 23.7 Å². The molecule has 0 aliphatic carbocycles. The Morgan fingerprint density at radius 1 is 1.38 bits per heavy atom. The van der Waals surface area contributed by atoms with Gasteiger partial charge in [-0.15, -0.1) is 0 Å². The van der Waals surface area contributed by atoms with Gasteiger partial charge in [0.1, 0.15) is 12.7 Å². The zero-order chi connectivity index (χ0) is 22.2. The molecule has 2 aliphatic heterocycles. The van der Waals surface area contributed by atoms with E-state index in [1.807, 2.05) is 13.0 Å². The number of ether oxygens (including phenoxy) is 2. The third-order valence-corrected chi connectivity index (χ3v) is 5.83. The fraction of sp³-hybridized carbons (Fsp3) is 0.364. The third kappa shape index (κ3) is 3.62. The van der Waals surface area contributed by atoms with Gasteiger partial charge in [-0.3, -0.25) is 9.59 Å². The lowest BCUT2D eigenvalue weighted by Gasteiger charge is -2.25. The Kier molecular flexibility index (Phi) is 5.14. The molecule has 0 saturated carbocycles. The average molecular weight is 436 g/mol. The molecule has 5 rings (SSSR count). The van der Waals surface area contributed by atoms with Crippen LogP contribution >= 0.6 is 0 Å². The molecule has 10 heteroatoms. The lowest BCUT2D eigenvalue weighted by atomic mass is 10.0. The number of hydrogen-bond donors (Lipinski definition) is 2. The Hall–Kier alpha value is -3.66. The largest absolute Gasteiger partial charge is 0.475 e. The van der Waals surface area contributed by atoms with Gasteiger partial charge in [0.2, 0.25) is 11.8 Å². The third-order valence-electron chi connectivity index (χ3n) is 5.83. The van der Waals surface area contributed by atoms with Crippen LogP contribution in [-0.2, 0) is 9.53 Å². The minimum atomic E-state index is -0.529. The lowest BCUT2D eigenvalue weighted by molar-refractivity contribution is -0.137. The molecule has 166 valence electrons. The predicted octanol–water partition coefficient (Wildman–Crippen LogP) is 1.31. The van der Waals surface area contributed by atoms with E-state index in [0.29, 0.717) is 49.8 Å². The number of nitrogens with zero attached hydrogens (tertiary/aromatic N) is 4. The number of primary amides is 1. The SMILES string of the molecule is CCO[C@@H]1C[C@H]2COc3ccn4ncc(c4n3)-c3cc(cc(C(N)=O)c3)NCCN2C1=O. The standard InChI is InChI=1S/C22H24N6O4/c1-2-31-18-10-16-12-32-19-3-5-28-21(26-19)17(11-25-28)13-7-14(20(23)29)9-15(8-13)24-4-6-27(16)22(18)30/h3,5,7-9,11,16,18,24H,2,4,6,10,12H2,1H3,(H2,23,29)/t16-,18+/m0/s1. The van der Waals surface area contributed by atoms with Crippen molar-refractivity contribution in [1.82, 2.24) is 19.5 Å². The molecule has 2 aliphatic rings. The number of nitrogens with one attached hydrogen (secondary N) is 1. The van der Waals surface area contributed by atoms with Gasteiger partial charge in [0, 0.05) is 55.2 Å². The van der Waals surface area contributed by atoms with E-state index in [4.69, 9.17) is 15.2 Å². The van der Waals surface area contributed by atoms with Gasteiger partial charge in [0.05, 0.1) is 12.2 Å². The summed E-state index contributed by atoms with van der Waals surface area (Å²) in [5.74, 6) is -0.130. The van der Waals surface area contributed by atoms with Crippen molar-refractivity contribution < 1.29 is 19.1 Å². The van der Waals surface area contributed by atoms with E-state index < -0.39 is 12.0 Å². The number of aromatic nitrogens is 3. The van der Waals surface area contributed by atoms with Crippen LogP contribution in [0.2, 0.25) is 0 Å². The van der Waals surface area contributed by atoms with Crippen molar-refractivity contribution in [3.63, 3.8) is 0 Å². The summed E-state index contributed by atoms with van der Waals surface area (Å²) in [6.07, 6.45) is 3.57. The number of rotatable bonds is 3. The molecule has 1 fully saturated rings. The predicted molar refractivity (Wildman–Crippen MR) is 116 cm³/mol. The molecule has 3 aromatic rings. The highest BCUT2D eigenvalue weighted by Crippen LogP contribution is 2.29. The second kappa shape index (κ2) is 8.12. The monoisotopic (exact) mass is 436 g/mol. The molecule has 2 aromatic heterocycles. The summed E-state index contributed by atoms with van der Waals surface area (Å²) in [6, 6.07) is 6.95. The van der Waals surface area contributed by atoms with Gasteiger partial charge in [-0.1, -0.05) is 0 Å². The van der Waals surface area contributed by atoms with E-state index in [2.05, 4.69) is 15.4 Å². The molecule has 4 bridgehead atoms. The van der Waals surface area contributed by atoms with Gasteiger partial charge in [0.15, 0.2) is 5.65 Å². The molecule has 0 radical (unpaired) electrons. The summed E-state index contributed by atoms with van der Waals surface area (Å²) in [5, 5.41) is 7.68. The first kappa shape index (κ1) is 20.3. The summed E-state index contributed by atoms with van der Waals surface area (Å²) in [7, 11) is 0. The molecule has 3 N–H and O–H groups in total. The van der Waals surface area contributed by atoms with E-state index >= 15 is 0 Å². The van der Waals surface area contributed by atoms with Gasteiger partial charge in [-0.2, -0.15) is 10.1 Å². The number of anilines is 1. The van der Waals surface area contributed by atoms with E-state index in [0.717, 1.165) is 16.8 Å². The fourth-order valence-electron chi connectivity index (χ4n) is 4.30. The van der Waals surface area contributed by atoms with E-state index in [1.165, 1.54) is 0 Å². The smallest absolute Gasteiger partial charge is 0.252 e. The second-order valence-electron chi connectivity index (χ2n) is 7.86. The first-order valence-electron chi connectivity index (χ1n) is 10.6. The second-order valence-corrected chi connectivity index (χ2v) is 7.86. The van der Waals surface area contributed by atoms with Crippen LogP contribution in [0.15, 0.2) is 36.7 Å². The van der Waals surface area contributed by atoms with Gasteiger partial charge in [-0.25, -0.2) is 4.52 Å². The highest BCUT2D eigenvalue weighted by Gasteiger charge is 2.40. The van der Waals surface area contributed by atoms with Crippen molar-refractivity contribution in [2.45, 2.75) is 25.5 Å². The number of benzene rings is 1. The van der Waals surface area contributed by atoms with Gasteiger partial charge >= 0.3 is 0 Å². The highest BCUT2D eigenvalue weighted by atomic mass is 16.5. The van der Waals surface area contributed by atoms with Crippen LogP contribution in [0.25, 0.3) is 16.8 Å². The maximum absolute atomic E-state index is 12.9. The van der Waals surface area contributed by atoms with Crippen molar-refractivity contribution in [2.75, 3.05) is 31.6 Å². The molecule has 0 spiro atoms. The zero-order valence-corrected chi connectivity index (χ0v) is 17.7. The summed E-state index contributed by atoms with van der Waals surface area (Å²) < 4.78 is 13.3. The van der Waals surface area contributed by atoms with Crippen LogP contribution in [0.3, 0.4) is 0 Å². The van der Waals surface area contributed by atoms with Crippen molar-refractivity contribution >= 4 is 23.1 Å². The van der Waals surface area contributed by atoms with E-state index in [-0.39, 0.29) is 11.9 Å². The molecule has 32 heavy (non-hydrogen) atoms. The number of nitrogens with two attached hydrogens (primary N) is 1. The maximum Gasteiger partial charge on any atom is 0.252 e. The molecule has 10 nitrogen and oxygen atoms in total. The fourth-order valence-corrected chi connectivity index (χ4v) is 4.30. The number of carbonyl (C=O) groups is 2. The van der Waals surface area contributed by atoms with Crippen LogP contribution in [-0.4, -0.2) is 69.8 Å². The molecular formula is C22H24N6O4. The molecule has 2 atom stereocenters. The Labute approximate surface area is 184 Å². The topological polar surface area (TPSA) is 124 Å². The summed E-state index contributed by atoms with van der Waals surface area (Å²) >= 11 is 0. The lowest BCUT2D eigenvalue weighted by Crippen LogP contribution is -2.41. The minimum Gasteiger partial charge on any atom is -0.475 e. The number of carbonyl (C=O) groups excluding carboxylic acids is 2. The number of amides is 2. The summed E-state index contributed by atoms with van der Waals surface area (Å²) in [4.78, 5) is 31.2. The maximum atomic E-state index is 12.9. The average Bonchev–Trinajstić information content (AvgIpc) is 3.33. The summed E-state index contributed by atoms with van der Waals surface area (Å²) in [6.45, 7) is 3.64. The molecule has 4 heterocycles. The van der Waals surface area contributed by atoms with Gasteiger partial charge in [0.25, 0.3) is 5.91 Å². The normalized spacial score (nSPS) is 20.5. The number of hydrogen-bond acceptors (Lipinski definition) is 7. The molecular weight excluding hydrogens is 412 g/mol. The first-order chi connectivity index (χ1) is 15.5. The quantitative estimate of drug-likeness (QED) is 0.634. The van der Waals surface area contributed by atoms with Crippen molar-refractivity contribution in [3.05, 3.63) is 42.2 Å². The Morgan fingerprint density at radius 3 is 3.06 bits per heavy atom. The van der Waals surface area contributed by atoms with Gasteiger partial charge in [-0.05, 0) is 30.7 Å². The Balaban J connectivity index is 1.57.